The molecular weight excluding hydrogens is 419 g/mol. The zero-order valence-electron chi connectivity index (χ0n) is 18.9. The fraction of sp³-hybridized carbons (Fsp3) is 0.524. The highest BCUT2D eigenvalue weighted by Gasteiger charge is 2.37. The first-order valence-corrected chi connectivity index (χ1v) is 13.8. The van der Waals surface area contributed by atoms with Gasteiger partial charge in [-0.2, -0.15) is 0 Å². The Kier molecular flexibility index (Phi) is 8.12. The van der Waals surface area contributed by atoms with Gasteiger partial charge < -0.3 is 20.2 Å². The molecule has 3 N–H and O–H groups in total. The summed E-state index contributed by atoms with van der Waals surface area (Å²) in [4.78, 5) is 8.77. The molecule has 166 valence electrons. The van der Waals surface area contributed by atoms with Crippen LogP contribution in [0, 0.1) is 5.82 Å². The van der Waals surface area contributed by atoms with E-state index in [1.54, 1.807) is 18.2 Å². The lowest BCUT2D eigenvalue weighted by Gasteiger charge is -2.37. The molecule has 9 heteroatoms. The van der Waals surface area contributed by atoms with Gasteiger partial charge in [-0.1, -0.05) is 38.6 Å². The van der Waals surface area contributed by atoms with Crippen molar-refractivity contribution in [2.75, 3.05) is 24.8 Å². The van der Waals surface area contributed by atoms with E-state index in [0.29, 0.717) is 40.5 Å². The number of benzene rings is 1. The Balaban J connectivity index is 1.99. The predicted octanol–water partition coefficient (Wildman–Crippen LogP) is 5.32. The van der Waals surface area contributed by atoms with Crippen molar-refractivity contribution in [3.05, 3.63) is 35.6 Å². The van der Waals surface area contributed by atoms with Crippen molar-refractivity contribution in [1.82, 2.24) is 9.97 Å². The van der Waals surface area contributed by atoms with Crippen LogP contribution in [0.3, 0.4) is 0 Å². The van der Waals surface area contributed by atoms with Gasteiger partial charge in [0.2, 0.25) is 0 Å². The smallest absolute Gasteiger partial charge is 0.192 e. The summed E-state index contributed by atoms with van der Waals surface area (Å²) in [5.41, 5.74) is 6.51. The van der Waals surface area contributed by atoms with Crippen LogP contribution in [0.4, 0.5) is 16.0 Å². The second kappa shape index (κ2) is 9.98. The van der Waals surface area contributed by atoms with Crippen LogP contribution in [0.1, 0.15) is 33.3 Å². The van der Waals surface area contributed by atoms with Crippen LogP contribution in [-0.2, 0) is 10.2 Å². The quantitative estimate of drug-likeness (QED) is 0.303. The summed E-state index contributed by atoms with van der Waals surface area (Å²) < 4.78 is 25.5. The molecule has 1 aromatic heterocycles. The van der Waals surface area contributed by atoms with E-state index >= 15 is 0 Å². The van der Waals surface area contributed by atoms with Crippen LogP contribution in [0.15, 0.2) is 29.4 Å². The van der Waals surface area contributed by atoms with Gasteiger partial charge >= 0.3 is 0 Å². The zero-order chi connectivity index (χ0) is 22.5. The first kappa shape index (κ1) is 24.4. The Bertz CT molecular complexity index is 861. The zero-order valence-corrected chi connectivity index (χ0v) is 20.7. The number of thioether (sulfide) groups is 1. The van der Waals surface area contributed by atoms with Crippen molar-refractivity contribution in [2.24, 2.45) is 0 Å². The van der Waals surface area contributed by atoms with Crippen LogP contribution in [-0.4, -0.2) is 38.0 Å². The van der Waals surface area contributed by atoms with Gasteiger partial charge in [-0.25, -0.2) is 14.4 Å². The van der Waals surface area contributed by atoms with Gasteiger partial charge in [-0.15, -0.1) is 0 Å². The molecule has 0 unspecified atom stereocenters. The van der Waals surface area contributed by atoms with Crippen molar-refractivity contribution >= 4 is 31.7 Å². The van der Waals surface area contributed by atoms with Crippen LogP contribution in [0.5, 0.6) is 5.75 Å². The van der Waals surface area contributed by atoms with E-state index in [0.717, 1.165) is 0 Å². The van der Waals surface area contributed by atoms with Gasteiger partial charge in [0.15, 0.2) is 13.5 Å². The number of hydrogen-bond acceptors (Lipinski definition) is 7. The lowest BCUT2D eigenvalue weighted by atomic mass is 10.2. The second-order valence-electron chi connectivity index (χ2n) is 8.82. The minimum Gasteiger partial charge on any atom is -0.497 e. The second-order valence-corrected chi connectivity index (χ2v) is 14.6. The van der Waals surface area contributed by atoms with E-state index in [9.17, 15) is 4.39 Å². The van der Waals surface area contributed by atoms with Crippen molar-refractivity contribution in [3.8, 4) is 5.75 Å². The molecule has 2 aromatic rings. The molecule has 2 rings (SSSR count). The summed E-state index contributed by atoms with van der Waals surface area (Å²) in [6.45, 7) is 13.8. The molecule has 0 fully saturated rings. The van der Waals surface area contributed by atoms with Crippen LogP contribution in [0.2, 0.25) is 18.1 Å². The van der Waals surface area contributed by atoms with Crippen molar-refractivity contribution in [1.29, 1.82) is 0 Å². The number of nitrogens with two attached hydrogens (primary N) is 1. The Morgan fingerprint density at radius 2 is 1.93 bits per heavy atom. The molecule has 1 heterocycles. The number of nitrogen functional groups attached to an aromatic ring is 1. The van der Waals surface area contributed by atoms with Crippen LogP contribution in [0.25, 0.3) is 0 Å². The number of anilines is 2. The minimum absolute atomic E-state index is 0.0605. The Labute approximate surface area is 184 Å². The first-order chi connectivity index (χ1) is 13.9. The van der Waals surface area contributed by atoms with E-state index in [2.05, 4.69) is 49.1 Å². The maximum Gasteiger partial charge on any atom is 0.192 e. The van der Waals surface area contributed by atoms with Gasteiger partial charge in [0, 0.05) is 23.9 Å². The monoisotopic (exact) mass is 452 g/mol. The van der Waals surface area contributed by atoms with Crippen molar-refractivity contribution in [3.63, 3.8) is 0 Å². The lowest BCUT2D eigenvalue weighted by molar-refractivity contribution is 0.276. The average Bonchev–Trinajstić information content (AvgIpc) is 2.64. The van der Waals surface area contributed by atoms with Gasteiger partial charge in [0.1, 0.15) is 23.2 Å². The highest BCUT2D eigenvalue weighted by atomic mass is 32.2. The van der Waals surface area contributed by atoms with Crippen LogP contribution >= 0.6 is 11.8 Å². The largest absolute Gasteiger partial charge is 0.497 e. The third-order valence-corrected chi connectivity index (χ3v) is 10.6. The SMILES string of the molecule is COc1ccc(CSc2nc(N)cc(N[C@H](C)CO[Si](C)(C)C(C)(C)C)n2)c(F)c1. The van der Waals surface area contributed by atoms with Gasteiger partial charge in [0.05, 0.1) is 13.7 Å². The molecule has 0 aliphatic heterocycles. The molecule has 0 saturated heterocycles. The van der Waals surface area contributed by atoms with Crippen molar-refractivity contribution < 1.29 is 13.6 Å². The Morgan fingerprint density at radius 1 is 1.23 bits per heavy atom. The number of ether oxygens (including phenoxy) is 1. The molecule has 0 aliphatic rings. The highest BCUT2D eigenvalue weighted by Crippen LogP contribution is 2.36. The molecule has 0 amide bonds. The molecule has 0 bridgehead atoms. The summed E-state index contributed by atoms with van der Waals surface area (Å²) in [5, 5.41) is 3.98. The summed E-state index contributed by atoms with van der Waals surface area (Å²) in [6.07, 6.45) is 0. The summed E-state index contributed by atoms with van der Waals surface area (Å²) >= 11 is 1.33. The first-order valence-electron chi connectivity index (χ1n) is 9.91. The van der Waals surface area contributed by atoms with E-state index in [1.165, 1.54) is 24.9 Å². The van der Waals surface area contributed by atoms with E-state index < -0.39 is 8.32 Å². The number of methoxy groups -OCH3 is 1. The lowest BCUT2D eigenvalue weighted by Crippen LogP contribution is -2.43. The molecule has 1 aromatic carbocycles. The van der Waals surface area contributed by atoms with Crippen molar-refractivity contribution in [2.45, 2.75) is 62.8 Å². The van der Waals surface area contributed by atoms with E-state index in [4.69, 9.17) is 14.9 Å². The van der Waals surface area contributed by atoms with Gasteiger partial charge in [0.25, 0.3) is 0 Å². The molecule has 1 atom stereocenters. The van der Waals surface area contributed by atoms with Crippen LogP contribution < -0.4 is 15.8 Å². The summed E-state index contributed by atoms with van der Waals surface area (Å²) in [7, 11) is -0.305. The molecule has 0 radical (unpaired) electrons. The number of nitrogens with one attached hydrogen (secondary N) is 1. The minimum atomic E-state index is -1.82. The van der Waals surface area contributed by atoms with Gasteiger partial charge in [-0.05, 0) is 36.7 Å². The summed E-state index contributed by atoms with van der Waals surface area (Å²) in [6, 6.07) is 6.56. The van der Waals surface area contributed by atoms with Gasteiger partial charge in [-0.3, -0.25) is 0 Å². The maximum atomic E-state index is 14.2. The number of halogens is 1. The number of rotatable bonds is 9. The topological polar surface area (TPSA) is 82.3 Å². The third kappa shape index (κ3) is 6.85. The fourth-order valence-electron chi connectivity index (χ4n) is 2.34. The number of hydrogen-bond donors (Lipinski definition) is 2. The standard InChI is InChI=1S/C21H33FN4O2SSi/c1-14(12-28-30(6,7)21(2,3)4)24-19-11-18(23)25-20(26-19)29-13-15-8-9-16(27-5)10-17(15)22/h8-11,14H,12-13H2,1-7H3,(H3,23,24,25,26)/t14-/m1/s1. The van der Waals surface area contributed by atoms with E-state index in [1.807, 2.05) is 6.92 Å². The maximum absolute atomic E-state index is 14.2. The molecular formula is C21H33FN4O2SSi. The third-order valence-electron chi connectivity index (χ3n) is 5.24. The van der Waals surface area contributed by atoms with E-state index in [-0.39, 0.29) is 16.9 Å². The fourth-order valence-corrected chi connectivity index (χ4v) is 4.29. The molecule has 0 saturated carbocycles. The predicted molar refractivity (Wildman–Crippen MR) is 125 cm³/mol. The highest BCUT2D eigenvalue weighted by molar-refractivity contribution is 7.98. The Morgan fingerprint density at radius 3 is 2.53 bits per heavy atom. The molecule has 30 heavy (non-hydrogen) atoms. The average molecular weight is 453 g/mol. The number of aromatic nitrogens is 2. The molecule has 0 aliphatic carbocycles. The number of nitrogens with zero attached hydrogens (tertiary/aromatic N) is 2. The Hall–Kier alpha value is -1.84. The molecule has 6 nitrogen and oxygen atoms in total. The normalized spacial score (nSPS) is 13.2. The molecule has 0 spiro atoms. The summed E-state index contributed by atoms with van der Waals surface area (Å²) in [5.74, 6) is 1.56.